The zero-order valence-electron chi connectivity index (χ0n) is 8.86. The van der Waals surface area contributed by atoms with E-state index in [-0.39, 0.29) is 9.92 Å². The van der Waals surface area contributed by atoms with Crippen molar-refractivity contribution >= 4 is 16.3 Å². The van der Waals surface area contributed by atoms with Gasteiger partial charge in [-0.1, -0.05) is 31.1 Å². The summed E-state index contributed by atoms with van der Waals surface area (Å²) in [7, 11) is 0. The van der Waals surface area contributed by atoms with Gasteiger partial charge in [-0.3, -0.25) is 10.1 Å². The molecule has 0 aliphatic heterocycles. The number of thiophene rings is 1. The molecule has 1 aromatic heterocycles. The predicted molar refractivity (Wildman–Crippen MR) is 62.2 cm³/mol. The fourth-order valence-corrected chi connectivity index (χ4v) is 2.06. The first-order valence-electron chi connectivity index (χ1n) is 5.18. The summed E-state index contributed by atoms with van der Waals surface area (Å²) in [5.41, 5.74) is 0. The van der Waals surface area contributed by atoms with E-state index < -0.39 is 0 Å². The molecule has 0 atom stereocenters. The average Bonchev–Trinajstić information content (AvgIpc) is 2.66. The van der Waals surface area contributed by atoms with Crippen LogP contribution in [0.5, 0.6) is 0 Å². The van der Waals surface area contributed by atoms with Crippen LogP contribution in [0, 0.1) is 10.1 Å². The van der Waals surface area contributed by atoms with Crippen molar-refractivity contribution in [2.45, 2.75) is 32.7 Å². The van der Waals surface area contributed by atoms with Gasteiger partial charge in [-0.2, -0.15) is 0 Å². The molecule has 0 aliphatic rings. The Morgan fingerprint density at radius 3 is 2.87 bits per heavy atom. The number of rotatable bonds is 7. The minimum absolute atomic E-state index is 0.223. The standard InChI is InChI=1S/C10H16N2O2S/c1-2-3-4-7-11-8-9-5-6-10(15-9)12(13)14/h5-6,11H,2-4,7-8H2,1H3. The molecule has 0 saturated heterocycles. The number of nitrogens with zero attached hydrogens (tertiary/aromatic N) is 1. The molecule has 1 N–H and O–H groups in total. The third kappa shape index (κ3) is 4.40. The second-order valence-corrected chi connectivity index (χ2v) is 4.53. The van der Waals surface area contributed by atoms with Crippen molar-refractivity contribution in [2.75, 3.05) is 6.54 Å². The molecule has 0 bridgehead atoms. The number of nitrogens with one attached hydrogen (secondary N) is 1. The Bertz CT molecular complexity index is 312. The van der Waals surface area contributed by atoms with Crippen LogP contribution in [0.25, 0.3) is 0 Å². The highest BCUT2D eigenvalue weighted by Gasteiger charge is 2.08. The number of hydrogen-bond acceptors (Lipinski definition) is 4. The molecule has 0 unspecified atom stereocenters. The van der Waals surface area contributed by atoms with E-state index in [4.69, 9.17) is 0 Å². The van der Waals surface area contributed by atoms with Gasteiger partial charge in [0.15, 0.2) is 0 Å². The quantitative estimate of drug-likeness (QED) is 0.443. The van der Waals surface area contributed by atoms with Gasteiger partial charge in [-0.05, 0) is 19.0 Å². The molecule has 4 nitrogen and oxygen atoms in total. The van der Waals surface area contributed by atoms with E-state index in [1.807, 2.05) is 6.07 Å². The number of nitro groups is 1. The van der Waals surface area contributed by atoms with E-state index in [9.17, 15) is 10.1 Å². The molecule has 5 heteroatoms. The van der Waals surface area contributed by atoms with Crippen LogP contribution in [0.1, 0.15) is 31.1 Å². The van der Waals surface area contributed by atoms with Crippen molar-refractivity contribution in [3.63, 3.8) is 0 Å². The molecule has 1 aromatic rings. The highest BCUT2D eigenvalue weighted by atomic mass is 32.1. The van der Waals surface area contributed by atoms with Crippen molar-refractivity contribution in [3.05, 3.63) is 27.1 Å². The van der Waals surface area contributed by atoms with Gasteiger partial charge in [0.1, 0.15) is 0 Å². The van der Waals surface area contributed by atoms with E-state index in [1.54, 1.807) is 6.07 Å². The summed E-state index contributed by atoms with van der Waals surface area (Å²) in [6.07, 6.45) is 3.62. The van der Waals surface area contributed by atoms with Gasteiger partial charge in [-0.15, -0.1) is 0 Å². The molecular weight excluding hydrogens is 212 g/mol. The van der Waals surface area contributed by atoms with Crippen molar-refractivity contribution in [3.8, 4) is 0 Å². The second-order valence-electron chi connectivity index (χ2n) is 3.38. The van der Waals surface area contributed by atoms with Crippen LogP contribution in [0.15, 0.2) is 12.1 Å². The fraction of sp³-hybridized carbons (Fsp3) is 0.600. The summed E-state index contributed by atoms with van der Waals surface area (Å²) < 4.78 is 0. The molecular formula is C10H16N2O2S. The van der Waals surface area contributed by atoms with Crippen LogP contribution >= 0.6 is 11.3 Å². The normalized spacial score (nSPS) is 10.5. The first kappa shape index (κ1) is 12.1. The fourth-order valence-electron chi connectivity index (χ4n) is 1.27. The van der Waals surface area contributed by atoms with Crippen molar-refractivity contribution in [1.29, 1.82) is 0 Å². The average molecular weight is 228 g/mol. The molecule has 0 saturated carbocycles. The molecule has 0 aliphatic carbocycles. The van der Waals surface area contributed by atoms with Crippen LogP contribution in [0.3, 0.4) is 0 Å². The van der Waals surface area contributed by atoms with Crippen molar-refractivity contribution in [2.24, 2.45) is 0 Å². The third-order valence-corrected chi connectivity index (χ3v) is 3.12. The second kappa shape index (κ2) is 6.53. The summed E-state index contributed by atoms with van der Waals surface area (Å²) in [4.78, 5) is 11.1. The summed E-state index contributed by atoms with van der Waals surface area (Å²) in [6.45, 7) is 3.89. The Hall–Kier alpha value is -0.940. The molecule has 0 amide bonds. The van der Waals surface area contributed by atoms with E-state index in [0.717, 1.165) is 18.0 Å². The summed E-state index contributed by atoms with van der Waals surface area (Å²) >= 11 is 1.24. The van der Waals surface area contributed by atoms with Crippen LogP contribution < -0.4 is 5.32 Å². The lowest BCUT2D eigenvalue weighted by Gasteiger charge is -2.00. The van der Waals surface area contributed by atoms with Crippen LogP contribution in [-0.4, -0.2) is 11.5 Å². The Morgan fingerprint density at radius 2 is 2.27 bits per heavy atom. The van der Waals surface area contributed by atoms with E-state index >= 15 is 0 Å². The highest BCUT2D eigenvalue weighted by molar-refractivity contribution is 7.15. The van der Waals surface area contributed by atoms with Crippen molar-refractivity contribution in [1.82, 2.24) is 5.32 Å². The summed E-state index contributed by atoms with van der Waals surface area (Å²) in [5, 5.41) is 13.9. The van der Waals surface area contributed by atoms with Gasteiger partial charge in [0, 0.05) is 17.5 Å². The monoisotopic (exact) mass is 228 g/mol. The lowest BCUT2D eigenvalue weighted by Crippen LogP contribution is -2.13. The molecule has 0 spiro atoms. The van der Waals surface area contributed by atoms with Crippen LogP contribution in [-0.2, 0) is 6.54 Å². The first-order valence-corrected chi connectivity index (χ1v) is 5.99. The van der Waals surface area contributed by atoms with E-state index in [1.165, 1.54) is 30.6 Å². The topological polar surface area (TPSA) is 55.2 Å². The van der Waals surface area contributed by atoms with Gasteiger partial charge in [-0.25, -0.2) is 0 Å². The summed E-state index contributed by atoms with van der Waals surface area (Å²) in [6, 6.07) is 3.38. The van der Waals surface area contributed by atoms with Crippen LogP contribution in [0.2, 0.25) is 0 Å². The Kier molecular flexibility index (Phi) is 5.28. The maximum atomic E-state index is 10.4. The van der Waals surface area contributed by atoms with Crippen LogP contribution in [0.4, 0.5) is 5.00 Å². The van der Waals surface area contributed by atoms with Gasteiger partial charge in [0.05, 0.1) is 4.92 Å². The first-order chi connectivity index (χ1) is 7.24. The van der Waals surface area contributed by atoms with E-state index in [0.29, 0.717) is 0 Å². The SMILES string of the molecule is CCCCCNCc1ccc([N+](=O)[O-])s1. The molecule has 0 aromatic carbocycles. The van der Waals surface area contributed by atoms with Gasteiger partial charge < -0.3 is 5.32 Å². The maximum Gasteiger partial charge on any atom is 0.324 e. The Morgan fingerprint density at radius 1 is 1.47 bits per heavy atom. The zero-order valence-corrected chi connectivity index (χ0v) is 9.68. The highest BCUT2D eigenvalue weighted by Crippen LogP contribution is 2.23. The molecule has 0 radical (unpaired) electrons. The number of unbranched alkanes of at least 4 members (excludes halogenated alkanes) is 2. The summed E-state index contributed by atoms with van der Waals surface area (Å²) in [5.74, 6) is 0. The molecule has 1 heterocycles. The molecule has 84 valence electrons. The predicted octanol–water partition coefficient (Wildman–Crippen LogP) is 2.94. The lowest BCUT2D eigenvalue weighted by molar-refractivity contribution is -0.380. The molecule has 15 heavy (non-hydrogen) atoms. The largest absolute Gasteiger partial charge is 0.324 e. The Balaban J connectivity index is 2.23. The third-order valence-electron chi connectivity index (χ3n) is 2.08. The Labute approximate surface area is 93.5 Å². The minimum atomic E-state index is -0.342. The van der Waals surface area contributed by atoms with Crippen molar-refractivity contribution < 1.29 is 4.92 Å². The number of hydrogen-bond donors (Lipinski definition) is 1. The smallest absolute Gasteiger partial charge is 0.312 e. The van der Waals surface area contributed by atoms with Gasteiger partial charge in [0.25, 0.3) is 0 Å². The zero-order chi connectivity index (χ0) is 11.1. The van der Waals surface area contributed by atoms with E-state index in [2.05, 4.69) is 12.2 Å². The lowest BCUT2D eigenvalue weighted by atomic mass is 10.2. The molecule has 1 rings (SSSR count). The van der Waals surface area contributed by atoms with Gasteiger partial charge in [0.2, 0.25) is 0 Å². The maximum absolute atomic E-state index is 10.4. The van der Waals surface area contributed by atoms with Gasteiger partial charge >= 0.3 is 5.00 Å². The molecule has 0 fully saturated rings. The minimum Gasteiger partial charge on any atom is -0.312 e.